The molecule has 1 aliphatic rings. The van der Waals surface area contributed by atoms with Gasteiger partial charge in [0.15, 0.2) is 0 Å². The Labute approximate surface area is 164 Å². The van der Waals surface area contributed by atoms with Gasteiger partial charge in [-0.3, -0.25) is 9.59 Å². The highest BCUT2D eigenvalue weighted by molar-refractivity contribution is 6.14. The molecule has 0 saturated heterocycles. The zero-order chi connectivity index (χ0) is 19.7. The molecule has 0 saturated carbocycles. The standard InChI is InChI=1S/C24H21NO3/c1-16(24(27)28-2)17-11-13-20(14-12-17)25-15-19-9-6-10-21(22(19)23(25)26)18-7-4-3-5-8-18/h3-14,16H,15H2,1-2H3. The van der Waals surface area contributed by atoms with Gasteiger partial charge in [-0.1, -0.05) is 60.7 Å². The van der Waals surface area contributed by atoms with Gasteiger partial charge < -0.3 is 9.64 Å². The van der Waals surface area contributed by atoms with Gasteiger partial charge in [-0.25, -0.2) is 0 Å². The second-order valence-electron chi connectivity index (χ2n) is 6.93. The number of hydrogen-bond donors (Lipinski definition) is 0. The van der Waals surface area contributed by atoms with Gasteiger partial charge in [0, 0.05) is 5.69 Å². The van der Waals surface area contributed by atoms with E-state index in [1.807, 2.05) is 79.7 Å². The highest BCUT2D eigenvalue weighted by Crippen LogP contribution is 2.35. The fourth-order valence-corrected chi connectivity index (χ4v) is 3.68. The minimum atomic E-state index is -0.338. The summed E-state index contributed by atoms with van der Waals surface area (Å²) in [6.07, 6.45) is 0. The van der Waals surface area contributed by atoms with Crippen molar-refractivity contribution in [3.05, 3.63) is 89.5 Å². The van der Waals surface area contributed by atoms with Crippen LogP contribution < -0.4 is 4.90 Å². The number of hydrogen-bond acceptors (Lipinski definition) is 3. The first kappa shape index (κ1) is 18.0. The Morgan fingerprint density at radius 1 is 0.964 bits per heavy atom. The van der Waals surface area contributed by atoms with Gasteiger partial charge in [-0.2, -0.15) is 0 Å². The molecule has 3 aromatic carbocycles. The largest absolute Gasteiger partial charge is 0.469 e. The van der Waals surface area contributed by atoms with Gasteiger partial charge in [0.2, 0.25) is 0 Å². The summed E-state index contributed by atoms with van der Waals surface area (Å²) in [5.41, 5.74) is 5.48. The second kappa shape index (κ2) is 7.31. The van der Waals surface area contributed by atoms with E-state index in [1.54, 1.807) is 4.90 Å². The average molecular weight is 371 g/mol. The van der Waals surface area contributed by atoms with Crippen molar-refractivity contribution in [1.29, 1.82) is 0 Å². The summed E-state index contributed by atoms with van der Waals surface area (Å²) in [4.78, 5) is 26.7. The third-order valence-electron chi connectivity index (χ3n) is 5.28. The molecule has 0 fully saturated rings. The Morgan fingerprint density at radius 2 is 1.68 bits per heavy atom. The van der Waals surface area contributed by atoms with Crippen molar-refractivity contribution in [2.75, 3.05) is 12.0 Å². The van der Waals surface area contributed by atoms with E-state index in [2.05, 4.69) is 0 Å². The fourth-order valence-electron chi connectivity index (χ4n) is 3.68. The van der Waals surface area contributed by atoms with Crippen LogP contribution in [0.5, 0.6) is 0 Å². The number of fused-ring (bicyclic) bond motifs is 1. The van der Waals surface area contributed by atoms with Crippen LogP contribution >= 0.6 is 0 Å². The lowest BCUT2D eigenvalue weighted by Gasteiger charge is -2.17. The lowest BCUT2D eigenvalue weighted by Crippen LogP contribution is -2.23. The quantitative estimate of drug-likeness (QED) is 0.620. The van der Waals surface area contributed by atoms with Crippen LogP contribution in [0.3, 0.4) is 0 Å². The molecule has 4 heteroatoms. The van der Waals surface area contributed by atoms with E-state index >= 15 is 0 Å². The first-order chi connectivity index (χ1) is 13.6. The molecule has 1 heterocycles. The Hall–Kier alpha value is -3.40. The van der Waals surface area contributed by atoms with E-state index in [0.717, 1.165) is 33.5 Å². The van der Waals surface area contributed by atoms with Crippen molar-refractivity contribution in [1.82, 2.24) is 0 Å². The zero-order valence-electron chi connectivity index (χ0n) is 15.9. The van der Waals surface area contributed by atoms with E-state index in [1.165, 1.54) is 7.11 Å². The molecule has 1 aliphatic heterocycles. The Kier molecular flexibility index (Phi) is 4.70. The van der Waals surface area contributed by atoms with E-state index in [4.69, 9.17) is 4.74 Å². The molecule has 4 nitrogen and oxygen atoms in total. The number of carbonyl (C=O) groups is 2. The van der Waals surface area contributed by atoms with Crippen LogP contribution in [-0.4, -0.2) is 19.0 Å². The van der Waals surface area contributed by atoms with Gasteiger partial charge in [0.25, 0.3) is 5.91 Å². The molecule has 0 aliphatic carbocycles. The van der Waals surface area contributed by atoms with Gasteiger partial charge in [0.05, 0.1) is 25.1 Å². The highest BCUT2D eigenvalue weighted by atomic mass is 16.5. The Bertz CT molecular complexity index is 1030. The smallest absolute Gasteiger partial charge is 0.312 e. The number of esters is 1. The van der Waals surface area contributed by atoms with Crippen LogP contribution in [0.15, 0.2) is 72.8 Å². The van der Waals surface area contributed by atoms with Crippen molar-refractivity contribution >= 4 is 17.6 Å². The maximum atomic E-state index is 13.2. The van der Waals surface area contributed by atoms with Crippen LogP contribution in [0, 0.1) is 0 Å². The SMILES string of the molecule is COC(=O)C(C)c1ccc(N2Cc3cccc(-c4ccccc4)c3C2=O)cc1. The van der Waals surface area contributed by atoms with Crippen molar-refractivity contribution in [3.63, 3.8) is 0 Å². The number of ether oxygens (including phenoxy) is 1. The summed E-state index contributed by atoms with van der Waals surface area (Å²) in [5, 5.41) is 0. The summed E-state index contributed by atoms with van der Waals surface area (Å²) in [5.74, 6) is -0.608. The lowest BCUT2D eigenvalue weighted by molar-refractivity contribution is -0.141. The predicted molar refractivity (Wildman–Crippen MR) is 109 cm³/mol. The van der Waals surface area contributed by atoms with Crippen LogP contribution in [0.1, 0.15) is 34.3 Å². The molecule has 0 spiro atoms. The minimum Gasteiger partial charge on any atom is -0.469 e. The summed E-state index contributed by atoms with van der Waals surface area (Å²) in [7, 11) is 1.39. The molecule has 0 radical (unpaired) electrons. The molecule has 0 N–H and O–H groups in total. The number of nitrogens with zero attached hydrogens (tertiary/aromatic N) is 1. The molecule has 1 amide bonds. The van der Waals surface area contributed by atoms with Crippen LogP contribution in [-0.2, 0) is 16.1 Å². The molecular formula is C24H21NO3. The monoisotopic (exact) mass is 371 g/mol. The Morgan fingerprint density at radius 3 is 2.36 bits per heavy atom. The third-order valence-corrected chi connectivity index (χ3v) is 5.28. The topological polar surface area (TPSA) is 46.6 Å². The number of carbonyl (C=O) groups excluding carboxylic acids is 2. The molecule has 0 bridgehead atoms. The van der Waals surface area contributed by atoms with Gasteiger partial charge in [0.1, 0.15) is 0 Å². The van der Waals surface area contributed by atoms with E-state index < -0.39 is 0 Å². The molecule has 28 heavy (non-hydrogen) atoms. The second-order valence-corrected chi connectivity index (χ2v) is 6.93. The zero-order valence-corrected chi connectivity index (χ0v) is 15.9. The van der Waals surface area contributed by atoms with E-state index in [-0.39, 0.29) is 17.8 Å². The first-order valence-electron chi connectivity index (χ1n) is 9.27. The number of amides is 1. The summed E-state index contributed by atoms with van der Waals surface area (Å²) in [6.45, 7) is 2.35. The van der Waals surface area contributed by atoms with Gasteiger partial charge in [-0.05, 0) is 41.3 Å². The molecule has 0 aromatic heterocycles. The highest BCUT2D eigenvalue weighted by Gasteiger charge is 2.31. The van der Waals surface area contributed by atoms with Crippen LogP contribution in [0.4, 0.5) is 5.69 Å². The van der Waals surface area contributed by atoms with Crippen LogP contribution in [0.2, 0.25) is 0 Å². The average Bonchev–Trinajstić information content (AvgIpc) is 3.10. The van der Waals surface area contributed by atoms with Gasteiger partial charge >= 0.3 is 5.97 Å². The molecule has 1 unspecified atom stereocenters. The number of benzene rings is 3. The van der Waals surface area contributed by atoms with Crippen LogP contribution in [0.25, 0.3) is 11.1 Å². The van der Waals surface area contributed by atoms with Crippen molar-refractivity contribution in [2.45, 2.75) is 19.4 Å². The Balaban J connectivity index is 1.65. The lowest BCUT2D eigenvalue weighted by atomic mass is 9.97. The predicted octanol–water partition coefficient (Wildman–Crippen LogP) is 4.79. The van der Waals surface area contributed by atoms with Crippen molar-refractivity contribution < 1.29 is 14.3 Å². The number of anilines is 1. The third kappa shape index (κ3) is 3.07. The summed E-state index contributed by atoms with van der Waals surface area (Å²) < 4.78 is 4.81. The van der Waals surface area contributed by atoms with Crippen molar-refractivity contribution in [2.24, 2.45) is 0 Å². The normalized spacial score (nSPS) is 13.9. The fraction of sp³-hybridized carbons (Fsp3) is 0.167. The first-order valence-corrected chi connectivity index (χ1v) is 9.27. The van der Waals surface area contributed by atoms with Gasteiger partial charge in [-0.15, -0.1) is 0 Å². The molecule has 4 rings (SSSR count). The van der Waals surface area contributed by atoms with E-state index in [9.17, 15) is 9.59 Å². The molecule has 140 valence electrons. The molecule has 3 aromatic rings. The minimum absolute atomic E-state index is 0.00298. The number of rotatable bonds is 4. The summed E-state index contributed by atoms with van der Waals surface area (Å²) >= 11 is 0. The molecule has 1 atom stereocenters. The maximum Gasteiger partial charge on any atom is 0.312 e. The summed E-state index contributed by atoms with van der Waals surface area (Å²) in [6, 6.07) is 23.5. The maximum absolute atomic E-state index is 13.2. The number of methoxy groups -OCH3 is 1. The molecular weight excluding hydrogens is 350 g/mol. The van der Waals surface area contributed by atoms with E-state index in [0.29, 0.717) is 6.54 Å². The van der Waals surface area contributed by atoms with Crippen molar-refractivity contribution in [3.8, 4) is 11.1 Å².